The van der Waals surface area contributed by atoms with E-state index in [-0.39, 0.29) is 35.7 Å². The van der Waals surface area contributed by atoms with E-state index in [9.17, 15) is 24.3 Å². The third-order valence-electron chi connectivity index (χ3n) is 8.98. The molecule has 10 heteroatoms. The number of halogens is 3. The van der Waals surface area contributed by atoms with Crippen LogP contribution in [0.1, 0.15) is 53.4 Å². The predicted octanol–water partition coefficient (Wildman–Crippen LogP) is 3.46. The maximum atomic E-state index is 17.3. The fourth-order valence-corrected chi connectivity index (χ4v) is 8.03. The molecule has 3 saturated carbocycles. The summed E-state index contributed by atoms with van der Waals surface area (Å²) in [5.74, 6) is -4.21. The fourth-order valence-electron chi connectivity index (χ4n) is 7.46. The maximum absolute atomic E-state index is 17.3. The lowest BCUT2D eigenvalue weighted by molar-refractivity contribution is -0.228. The molecular weight excluding hydrogens is 530 g/mol. The summed E-state index contributed by atoms with van der Waals surface area (Å²) in [5, 5.41) is 11.4. The van der Waals surface area contributed by atoms with Crippen molar-refractivity contribution in [2.75, 3.05) is 6.61 Å². The second-order valence-electron chi connectivity index (χ2n) is 10.6. The van der Waals surface area contributed by atoms with Gasteiger partial charge in [0, 0.05) is 30.6 Å². The Balaban J connectivity index is 1.82. The standard InChI is InChI=1S/C25H29BrF2O7/c1-12(29)34-11-21(33)24(35-13(2)30)6-5-14-15-7-18(27)16-8-19(31)17(26)9-23(16,4)25(15,28)20(32)10-22(14,24)3/h8-9,14-15,18,20,32H,5-7,10-11H2,1-4H3/t14-,15-,18+,20-,22-,23-,24+,25-/m0/s1. The van der Waals surface area contributed by atoms with Crippen LogP contribution in [0.4, 0.5) is 8.78 Å². The molecule has 0 saturated heterocycles. The van der Waals surface area contributed by atoms with Crippen LogP contribution >= 0.6 is 15.9 Å². The largest absolute Gasteiger partial charge is 0.458 e. The zero-order chi connectivity index (χ0) is 26.1. The van der Waals surface area contributed by atoms with Crippen molar-refractivity contribution in [2.24, 2.45) is 22.7 Å². The van der Waals surface area contributed by atoms with Crippen LogP contribution in [-0.2, 0) is 28.7 Å². The first-order valence-corrected chi connectivity index (χ1v) is 12.5. The van der Waals surface area contributed by atoms with Crippen LogP contribution in [0.3, 0.4) is 0 Å². The maximum Gasteiger partial charge on any atom is 0.303 e. The van der Waals surface area contributed by atoms with Crippen LogP contribution in [0, 0.1) is 22.7 Å². The molecule has 35 heavy (non-hydrogen) atoms. The lowest BCUT2D eigenvalue weighted by Crippen LogP contribution is -2.70. The first-order valence-electron chi connectivity index (χ1n) is 11.7. The van der Waals surface area contributed by atoms with Crippen molar-refractivity contribution in [1.29, 1.82) is 0 Å². The van der Waals surface area contributed by atoms with E-state index < -0.39 is 76.3 Å². The van der Waals surface area contributed by atoms with E-state index >= 15 is 8.78 Å². The molecule has 4 aliphatic rings. The van der Waals surface area contributed by atoms with Gasteiger partial charge in [0.05, 0.1) is 10.6 Å². The molecule has 1 N–H and O–H groups in total. The van der Waals surface area contributed by atoms with Crippen LogP contribution in [0.2, 0.25) is 0 Å². The highest BCUT2D eigenvalue weighted by Gasteiger charge is 2.76. The lowest BCUT2D eigenvalue weighted by Gasteiger charge is -2.63. The molecule has 4 aliphatic carbocycles. The van der Waals surface area contributed by atoms with E-state index in [0.717, 1.165) is 19.9 Å². The highest BCUT2D eigenvalue weighted by atomic mass is 79.9. The molecule has 0 heterocycles. The van der Waals surface area contributed by atoms with E-state index in [1.165, 1.54) is 13.0 Å². The number of fused-ring (bicyclic) bond motifs is 5. The highest BCUT2D eigenvalue weighted by Crippen LogP contribution is 2.70. The Bertz CT molecular complexity index is 1070. The van der Waals surface area contributed by atoms with Gasteiger partial charge in [-0.1, -0.05) is 13.0 Å². The average molecular weight is 559 g/mol. The molecule has 0 bridgehead atoms. The number of aliphatic hydroxyl groups excluding tert-OH is 1. The van der Waals surface area contributed by atoms with Gasteiger partial charge in [0.15, 0.2) is 23.7 Å². The van der Waals surface area contributed by atoms with E-state index in [4.69, 9.17) is 9.47 Å². The number of allylic oxidation sites excluding steroid dienone is 4. The van der Waals surface area contributed by atoms with Crippen molar-refractivity contribution >= 4 is 39.4 Å². The summed E-state index contributed by atoms with van der Waals surface area (Å²) in [6, 6.07) is 0. The van der Waals surface area contributed by atoms with Crippen LogP contribution in [0.5, 0.6) is 0 Å². The molecule has 0 spiro atoms. The number of hydrogen-bond donors (Lipinski definition) is 1. The van der Waals surface area contributed by atoms with Gasteiger partial charge in [-0.25, -0.2) is 8.78 Å². The van der Waals surface area contributed by atoms with E-state index in [1.807, 2.05) is 0 Å². The summed E-state index contributed by atoms with van der Waals surface area (Å²) in [7, 11) is 0. The minimum atomic E-state index is -2.34. The number of hydrogen-bond acceptors (Lipinski definition) is 7. The van der Waals surface area contributed by atoms with Crippen molar-refractivity contribution in [2.45, 2.75) is 76.9 Å². The Labute approximate surface area is 210 Å². The molecule has 7 nitrogen and oxygen atoms in total. The molecule has 192 valence electrons. The topological polar surface area (TPSA) is 107 Å². The Hall–Kier alpha value is -1.94. The minimum Gasteiger partial charge on any atom is -0.458 e. The molecule has 0 aromatic heterocycles. The number of Topliss-reactive ketones (excluding diaryl/α,β-unsaturated/α-hetero) is 1. The first-order chi connectivity index (χ1) is 16.1. The lowest BCUT2D eigenvalue weighted by atomic mass is 9.44. The average Bonchev–Trinajstić information content (AvgIpc) is 3.03. The van der Waals surface area contributed by atoms with Crippen molar-refractivity contribution in [3.05, 3.63) is 22.2 Å². The zero-order valence-electron chi connectivity index (χ0n) is 20.0. The van der Waals surface area contributed by atoms with E-state index in [0.29, 0.717) is 0 Å². The van der Waals surface area contributed by atoms with Gasteiger partial charge in [-0.05, 0) is 66.1 Å². The summed E-state index contributed by atoms with van der Waals surface area (Å²) < 4.78 is 43.5. The minimum absolute atomic E-state index is 0.0118. The molecule has 0 radical (unpaired) electrons. The SMILES string of the molecule is CC(=O)OCC(=O)[C@]1(OC(C)=O)CC[C@H]2[C@@H]3C[C@@H](F)C4=CC(=O)C(Br)=C[C@]4(C)[C@@]3(F)[C@@H](O)C[C@@]21C. The Morgan fingerprint density at radius 3 is 2.46 bits per heavy atom. The highest BCUT2D eigenvalue weighted by molar-refractivity contribution is 9.12. The van der Waals surface area contributed by atoms with Crippen LogP contribution < -0.4 is 0 Å². The number of ether oxygens (including phenoxy) is 2. The third-order valence-corrected chi connectivity index (χ3v) is 9.60. The predicted molar refractivity (Wildman–Crippen MR) is 123 cm³/mol. The summed E-state index contributed by atoms with van der Waals surface area (Å²) in [4.78, 5) is 49.1. The van der Waals surface area contributed by atoms with Gasteiger partial charge in [0.2, 0.25) is 5.78 Å². The second kappa shape index (κ2) is 8.30. The number of esters is 2. The Kier molecular flexibility index (Phi) is 6.19. The third kappa shape index (κ3) is 3.42. The molecule has 3 fully saturated rings. The zero-order valence-corrected chi connectivity index (χ0v) is 21.6. The smallest absolute Gasteiger partial charge is 0.303 e. The molecule has 8 atom stereocenters. The van der Waals surface area contributed by atoms with Gasteiger partial charge in [-0.3, -0.25) is 19.2 Å². The molecule has 4 rings (SSSR count). The summed E-state index contributed by atoms with van der Waals surface area (Å²) in [6.45, 7) is 4.79. The van der Waals surface area contributed by atoms with Gasteiger partial charge in [-0.15, -0.1) is 0 Å². The van der Waals surface area contributed by atoms with E-state index in [1.54, 1.807) is 6.92 Å². The van der Waals surface area contributed by atoms with E-state index in [2.05, 4.69) is 15.9 Å². The van der Waals surface area contributed by atoms with Gasteiger partial charge in [0.25, 0.3) is 0 Å². The Morgan fingerprint density at radius 1 is 1.20 bits per heavy atom. The number of aliphatic hydroxyl groups is 1. The number of carbonyl (C=O) groups excluding carboxylic acids is 4. The number of ketones is 2. The summed E-state index contributed by atoms with van der Waals surface area (Å²) in [6.07, 6.45) is -1.11. The van der Waals surface area contributed by atoms with Crippen LogP contribution in [0.15, 0.2) is 22.2 Å². The summed E-state index contributed by atoms with van der Waals surface area (Å²) >= 11 is 3.14. The molecular formula is C25H29BrF2O7. The number of alkyl halides is 2. The monoisotopic (exact) mass is 558 g/mol. The van der Waals surface area contributed by atoms with Crippen LogP contribution in [-0.4, -0.2) is 58.8 Å². The van der Waals surface area contributed by atoms with Gasteiger partial charge in [0.1, 0.15) is 6.17 Å². The number of carbonyl (C=O) groups is 4. The normalized spacial score (nSPS) is 44.3. The van der Waals surface area contributed by atoms with Gasteiger partial charge < -0.3 is 14.6 Å². The van der Waals surface area contributed by atoms with Crippen molar-refractivity contribution in [3.63, 3.8) is 0 Å². The van der Waals surface area contributed by atoms with Crippen molar-refractivity contribution in [3.8, 4) is 0 Å². The van der Waals surface area contributed by atoms with Crippen molar-refractivity contribution < 1.29 is 42.5 Å². The first kappa shape index (κ1) is 26.1. The Morgan fingerprint density at radius 2 is 1.86 bits per heavy atom. The molecule has 0 amide bonds. The van der Waals surface area contributed by atoms with Crippen molar-refractivity contribution in [1.82, 2.24) is 0 Å². The fraction of sp³-hybridized carbons (Fsp3) is 0.680. The van der Waals surface area contributed by atoms with Crippen LogP contribution in [0.25, 0.3) is 0 Å². The molecule has 0 aromatic rings. The number of rotatable bonds is 4. The van der Waals surface area contributed by atoms with Gasteiger partial charge in [-0.2, -0.15) is 0 Å². The van der Waals surface area contributed by atoms with Gasteiger partial charge >= 0.3 is 11.9 Å². The summed E-state index contributed by atoms with van der Waals surface area (Å²) in [5.41, 5.74) is -6.95. The molecule has 0 unspecified atom stereocenters. The second-order valence-corrected chi connectivity index (χ2v) is 11.5. The molecule has 0 aromatic carbocycles. The quantitative estimate of drug-likeness (QED) is 0.526. The molecule has 0 aliphatic heterocycles.